The van der Waals surface area contributed by atoms with Crippen molar-refractivity contribution in [3.63, 3.8) is 0 Å². The maximum atomic E-state index is 12.4. The van der Waals surface area contributed by atoms with Crippen molar-refractivity contribution in [2.24, 2.45) is 5.92 Å². The Balaban J connectivity index is -0.00000180. The van der Waals surface area contributed by atoms with Crippen LogP contribution in [0.4, 0.5) is 23.5 Å². The number of carbonyl (C=O) groups excluding carboxylic acids is 1. The lowest BCUT2D eigenvalue weighted by Crippen LogP contribution is -2.21. The van der Waals surface area contributed by atoms with Crippen molar-refractivity contribution in [1.82, 2.24) is 0 Å². The topological polar surface area (TPSA) is 26.3 Å². The summed E-state index contributed by atoms with van der Waals surface area (Å²) in [6.45, 7) is 2.26. The van der Waals surface area contributed by atoms with Gasteiger partial charge in [-0.25, -0.2) is 0 Å². The fourth-order valence-corrected chi connectivity index (χ4v) is 4.59. The van der Waals surface area contributed by atoms with Gasteiger partial charge in [-0.15, -0.1) is 0 Å². The minimum absolute atomic E-state index is 0. The highest BCUT2D eigenvalue weighted by atomic mass is 32.2. The van der Waals surface area contributed by atoms with E-state index >= 15 is 0 Å². The highest BCUT2D eigenvalue weighted by Crippen LogP contribution is 2.37. The van der Waals surface area contributed by atoms with Crippen LogP contribution in [0.3, 0.4) is 0 Å². The molecule has 0 heterocycles. The van der Waals surface area contributed by atoms with Crippen LogP contribution < -0.4 is 0 Å². The van der Waals surface area contributed by atoms with E-state index in [9.17, 15) is 4.79 Å². The SMILES string of the molecule is CCCCCCc1ccc(C2CCC(C(=O)OSc3ccccc3)CC2)cc1.F.F.F.F.F. The second-order valence-electron chi connectivity index (χ2n) is 7.90. The van der Waals surface area contributed by atoms with E-state index in [1.807, 2.05) is 30.3 Å². The molecule has 1 fully saturated rings. The molecule has 0 aromatic heterocycles. The standard InChI is InChI=1S/C25H32O2S.5FH/c1-2-3-4-6-9-20-12-14-21(15-13-20)22-16-18-23(19-17-22)25(26)27-28-24-10-7-5-8-11-24;;;;;/h5,7-8,10-15,22-23H,2-4,6,9,16-19H2,1H3;5*1H. The maximum Gasteiger partial charge on any atom is 0.321 e. The first-order chi connectivity index (χ1) is 13.8. The van der Waals surface area contributed by atoms with Crippen LogP contribution in [0.1, 0.15) is 75.3 Å². The van der Waals surface area contributed by atoms with Crippen molar-refractivity contribution in [1.29, 1.82) is 0 Å². The van der Waals surface area contributed by atoms with E-state index in [0.29, 0.717) is 5.92 Å². The number of aryl methyl sites for hydroxylation is 1. The van der Waals surface area contributed by atoms with E-state index in [1.165, 1.54) is 55.3 Å². The summed E-state index contributed by atoms with van der Waals surface area (Å²) in [5.41, 5.74) is 2.89. The molecular weight excluding hydrogens is 459 g/mol. The molecule has 8 heteroatoms. The lowest BCUT2D eigenvalue weighted by molar-refractivity contribution is -0.138. The zero-order valence-electron chi connectivity index (χ0n) is 19.0. The van der Waals surface area contributed by atoms with Gasteiger partial charge in [0.05, 0.1) is 18.0 Å². The largest absolute Gasteiger partial charge is 0.386 e. The van der Waals surface area contributed by atoms with Crippen LogP contribution in [0.5, 0.6) is 0 Å². The lowest BCUT2D eigenvalue weighted by Gasteiger charge is -2.27. The Morgan fingerprint density at radius 1 is 0.818 bits per heavy atom. The van der Waals surface area contributed by atoms with Gasteiger partial charge in [0.15, 0.2) is 0 Å². The molecule has 33 heavy (non-hydrogen) atoms. The second-order valence-corrected chi connectivity index (χ2v) is 8.70. The molecule has 0 atom stereocenters. The fourth-order valence-electron chi connectivity index (χ4n) is 4.01. The molecule has 3 rings (SSSR count). The molecule has 0 N–H and O–H groups in total. The second kappa shape index (κ2) is 19.4. The van der Waals surface area contributed by atoms with Gasteiger partial charge in [0, 0.05) is 4.90 Å². The number of halogens is 5. The first-order valence-electron chi connectivity index (χ1n) is 10.8. The van der Waals surface area contributed by atoms with E-state index in [2.05, 4.69) is 31.2 Å². The summed E-state index contributed by atoms with van der Waals surface area (Å²) in [5, 5.41) is 0. The molecule has 2 aromatic rings. The van der Waals surface area contributed by atoms with Crippen molar-refractivity contribution in [2.75, 3.05) is 0 Å². The molecule has 0 radical (unpaired) electrons. The highest BCUT2D eigenvalue weighted by Gasteiger charge is 2.28. The Hall–Kier alpha value is -2.09. The molecule has 1 aliphatic rings. The van der Waals surface area contributed by atoms with Gasteiger partial charge < -0.3 is 4.18 Å². The fraction of sp³-hybridized carbons (Fsp3) is 0.480. The van der Waals surface area contributed by atoms with E-state index in [1.54, 1.807) is 0 Å². The van der Waals surface area contributed by atoms with Crippen LogP contribution in [0.2, 0.25) is 0 Å². The summed E-state index contributed by atoms with van der Waals surface area (Å²) in [5.74, 6) is 0.569. The Kier molecular flexibility index (Phi) is 20.9. The van der Waals surface area contributed by atoms with Gasteiger partial charge in [-0.3, -0.25) is 28.3 Å². The van der Waals surface area contributed by atoms with Crippen LogP contribution >= 0.6 is 12.0 Å². The van der Waals surface area contributed by atoms with E-state index in [0.717, 1.165) is 30.6 Å². The van der Waals surface area contributed by atoms with Gasteiger partial charge in [0.1, 0.15) is 0 Å². The third kappa shape index (κ3) is 11.6. The third-order valence-electron chi connectivity index (χ3n) is 5.79. The molecule has 190 valence electrons. The monoisotopic (exact) mass is 496 g/mol. The van der Waals surface area contributed by atoms with Crippen LogP contribution in [0.15, 0.2) is 59.5 Å². The maximum absolute atomic E-state index is 12.4. The molecular formula is C25H37F5O2S. The van der Waals surface area contributed by atoms with Gasteiger partial charge in [-0.05, 0) is 67.7 Å². The Morgan fingerprint density at radius 3 is 2.00 bits per heavy atom. The number of hydrogen-bond donors (Lipinski definition) is 0. The van der Waals surface area contributed by atoms with Gasteiger partial charge >= 0.3 is 5.97 Å². The van der Waals surface area contributed by atoms with Gasteiger partial charge in [0.25, 0.3) is 0 Å². The quantitative estimate of drug-likeness (QED) is 0.199. The molecule has 1 aliphatic carbocycles. The molecule has 1 saturated carbocycles. The predicted octanol–water partition coefficient (Wildman–Crippen LogP) is 8.10. The van der Waals surface area contributed by atoms with E-state index in [4.69, 9.17) is 4.18 Å². The summed E-state index contributed by atoms with van der Waals surface area (Å²) in [4.78, 5) is 13.3. The summed E-state index contributed by atoms with van der Waals surface area (Å²) in [7, 11) is 0. The number of rotatable bonds is 9. The molecule has 0 amide bonds. The number of unbranched alkanes of at least 4 members (excludes halogenated alkanes) is 3. The summed E-state index contributed by atoms with van der Waals surface area (Å²) < 4.78 is 5.46. The first kappa shape index (κ1) is 35.5. The Labute approximate surface area is 197 Å². The minimum Gasteiger partial charge on any atom is -0.386 e. The molecule has 2 nitrogen and oxygen atoms in total. The molecule has 0 unspecified atom stereocenters. The Morgan fingerprint density at radius 2 is 1.42 bits per heavy atom. The van der Waals surface area contributed by atoms with Crippen LogP contribution in [0, 0.1) is 5.92 Å². The Bertz CT molecular complexity index is 723. The number of benzene rings is 2. The molecule has 0 aliphatic heterocycles. The highest BCUT2D eigenvalue weighted by molar-refractivity contribution is 7.95. The zero-order valence-corrected chi connectivity index (χ0v) is 19.8. The van der Waals surface area contributed by atoms with Crippen molar-refractivity contribution in [2.45, 2.75) is 75.5 Å². The van der Waals surface area contributed by atoms with Crippen LogP contribution in [-0.2, 0) is 15.4 Å². The van der Waals surface area contributed by atoms with Crippen molar-refractivity contribution >= 4 is 18.0 Å². The summed E-state index contributed by atoms with van der Waals surface area (Å²) in [6.07, 6.45) is 10.5. The smallest absolute Gasteiger partial charge is 0.321 e. The van der Waals surface area contributed by atoms with Gasteiger partial charge in [-0.2, -0.15) is 0 Å². The number of carbonyl (C=O) groups is 1. The summed E-state index contributed by atoms with van der Waals surface area (Å²) >= 11 is 1.18. The zero-order chi connectivity index (χ0) is 19.6. The number of hydrogen-bond acceptors (Lipinski definition) is 3. The first-order valence-corrected chi connectivity index (χ1v) is 11.5. The average molecular weight is 497 g/mol. The van der Waals surface area contributed by atoms with E-state index < -0.39 is 0 Å². The molecule has 2 aromatic carbocycles. The minimum atomic E-state index is -0.0604. The predicted molar refractivity (Wildman–Crippen MR) is 130 cm³/mol. The van der Waals surface area contributed by atoms with Crippen molar-refractivity contribution < 1.29 is 32.5 Å². The molecule has 0 spiro atoms. The van der Waals surface area contributed by atoms with Crippen molar-refractivity contribution in [3.8, 4) is 0 Å². The third-order valence-corrected chi connectivity index (χ3v) is 6.51. The van der Waals surface area contributed by atoms with E-state index in [-0.39, 0.29) is 35.4 Å². The van der Waals surface area contributed by atoms with Gasteiger partial charge in [-0.1, -0.05) is 68.7 Å². The average Bonchev–Trinajstić information content (AvgIpc) is 2.76. The normalized spacial score (nSPS) is 16.4. The lowest BCUT2D eigenvalue weighted by atomic mass is 9.78. The molecule has 0 bridgehead atoms. The van der Waals surface area contributed by atoms with Crippen LogP contribution in [-0.4, -0.2) is 5.97 Å². The summed E-state index contributed by atoms with van der Waals surface area (Å²) in [6, 6.07) is 19.0. The van der Waals surface area contributed by atoms with Crippen LogP contribution in [0.25, 0.3) is 0 Å². The molecule has 0 saturated heterocycles. The van der Waals surface area contributed by atoms with Gasteiger partial charge in [0.2, 0.25) is 0 Å². The van der Waals surface area contributed by atoms with Crippen molar-refractivity contribution in [3.05, 3.63) is 65.7 Å².